The molecular weight excluding hydrogens is 290 g/mol. The van der Waals surface area contributed by atoms with Gasteiger partial charge in [0.15, 0.2) is 0 Å². The molecule has 1 aliphatic rings. The predicted molar refractivity (Wildman–Crippen MR) is 83.6 cm³/mol. The smallest absolute Gasteiger partial charge is 0.225 e. The molecule has 0 spiro atoms. The van der Waals surface area contributed by atoms with Crippen LogP contribution in [0.4, 0.5) is 5.82 Å². The molecule has 100 valence electrons. The van der Waals surface area contributed by atoms with Gasteiger partial charge in [0.2, 0.25) is 5.28 Å². The first-order valence-electron chi connectivity index (χ1n) is 6.53. The SMILES string of the molecule is Clc1nc(NC2CC2c2ccccc2)c2ccsc2n1. The van der Waals surface area contributed by atoms with Gasteiger partial charge in [0.1, 0.15) is 10.6 Å². The van der Waals surface area contributed by atoms with Gasteiger partial charge in [0.25, 0.3) is 0 Å². The standard InChI is InChI=1S/C15H12ClN3S/c16-15-18-13(10-6-7-20-14(10)19-15)17-12-8-11(12)9-4-2-1-3-5-9/h1-7,11-12H,8H2,(H,17,18,19). The first-order chi connectivity index (χ1) is 9.81. The van der Waals surface area contributed by atoms with Gasteiger partial charge in [-0.3, -0.25) is 0 Å². The Balaban J connectivity index is 1.59. The Hall–Kier alpha value is -1.65. The van der Waals surface area contributed by atoms with Crippen molar-refractivity contribution in [1.29, 1.82) is 0 Å². The molecule has 2 heterocycles. The lowest BCUT2D eigenvalue weighted by molar-refractivity contribution is 1.03. The zero-order valence-corrected chi connectivity index (χ0v) is 12.2. The highest BCUT2D eigenvalue weighted by Crippen LogP contribution is 2.43. The van der Waals surface area contributed by atoms with Crippen LogP contribution in [0.15, 0.2) is 41.8 Å². The summed E-state index contributed by atoms with van der Waals surface area (Å²) in [5.74, 6) is 1.42. The summed E-state index contributed by atoms with van der Waals surface area (Å²) in [5.41, 5.74) is 1.38. The van der Waals surface area contributed by atoms with Crippen LogP contribution in [-0.4, -0.2) is 16.0 Å². The molecule has 0 aliphatic heterocycles. The van der Waals surface area contributed by atoms with Gasteiger partial charge in [0.05, 0.1) is 5.39 Å². The molecule has 2 atom stereocenters. The fraction of sp³-hybridized carbons (Fsp3) is 0.200. The van der Waals surface area contributed by atoms with E-state index in [1.54, 1.807) is 11.3 Å². The second kappa shape index (κ2) is 4.72. The van der Waals surface area contributed by atoms with Crippen molar-refractivity contribution in [2.45, 2.75) is 18.4 Å². The quantitative estimate of drug-likeness (QED) is 0.732. The van der Waals surface area contributed by atoms with Crippen molar-refractivity contribution in [2.75, 3.05) is 5.32 Å². The lowest BCUT2D eigenvalue weighted by Crippen LogP contribution is -2.06. The van der Waals surface area contributed by atoms with Crippen molar-refractivity contribution in [3.63, 3.8) is 0 Å². The number of nitrogens with one attached hydrogen (secondary N) is 1. The van der Waals surface area contributed by atoms with E-state index >= 15 is 0 Å². The number of rotatable bonds is 3. The molecule has 0 bridgehead atoms. The van der Waals surface area contributed by atoms with Crippen LogP contribution in [0.1, 0.15) is 17.9 Å². The number of halogens is 1. The number of anilines is 1. The van der Waals surface area contributed by atoms with Gasteiger partial charge < -0.3 is 5.32 Å². The third kappa shape index (κ3) is 2.15. The van der Waals surface area contributed by atoms with Crippen molar-refractivity contribution in [1.82, 2.24) is 9.97 Å². The molecule has 2 unspecified atom stereocenters. The molecular formula is C15H12ClN3S. The highest BCUT2D eigenvalue weighted by atomic mass is 35.5. The fourth-order valence-corrected chi connectivity index (χ4v) is 3.52. The van der Waals surface area contributed by atoms with E-state index in [0.717, 1.165) is 22.5 Å². The Bertz CT molecular complexity index is 756. The van der Waals surface area contributed by atoms with Gasteiger partial charge in [-0.05, 0) is 35.0 Å². The average molecular weight is 302 g/mol. The van der Waals surface area contributed by atoms with E-state index in [2.05, 4.69) is 39.6 Å². The predicted octanol–water partition coefficient (Wildman–Crippen LogP) is 4.31. The third-order valence-corrected chi connectivity index (χ3v) is 4.61. The number of thiophene rings is 1. The van der Waals surface area contributed by atoms with Gasteiger partial charge in [0, 0.05) is 12.0 Å². The van der Waals surface area contributed by atoms with Crippen LogP contribution in [0, 0.1) is 0 Å². The highest BCUT2D eigenvalue weighted by Gasteiger charge is 2.38. The van der Waals surface area contributed by atoms with E-state index < -0.39 is 0 Å². The van der Waals surface area contributed by atoms with Crippen molar-refractivity contribution in [3.05, 3.63) is 52.6 Å². The minimum absolute atomic E-state index is 0.305. The van der Waals surface area contributed by atoms with Crippen molar-refractivity contribution >= 4 is 39.0 Å². The fourth-order valence-electron chi connectivity index (χ4n) is 2.54. The van der Waals surface area contributed by atoms with Crippen LogP contribution in [0.3, 0.4) is 0 Å². The second-order valence-corrected chi connectivity index (χ2v) is 6.22. The summed E-state index contributed by atoms with van der Waals surface area (Å²) < 4.78 is 0. The number of aromatic nitrogens is 2. The molecule has 0 saturated heterocycles. The Morgan fingerprint density at radius 1 is 1.15 bits per heavy atom. The number of fused-ring (bicyclic) bond motifs is 1. The lowest BCUT2D eigenvalue weighted by Gasteiger charge is -2.06. The molecule has 1 saturated carbocycles. The molecule has 2 aromatic heterocycles. The Kier molecular flexibility index (Phi) is 2.86. The maximum Gasteiger partial charge on any atom is 0.225 e. The second-order valence-electron chi connectivity index (χ2n) is 4.98. The molecule has 0 amide bonds. The molecule has 1 aromatic carbocycles. The summed E-state index contributed by atoms with van der Waals surface area (Å²) in [6.45, 7) is 0. The summed E-state index contributed by atoms with van der Waals surface area (Å²) in [6.07, 6.45) is 1.14. The van der Waals surface area contributed by atoms with Gasteiger partial charge in [-0.25, -0.2) is 9.97 Å². The molecule has 3 nitrogen and oxygen atoms in total. The van der Waals surface area contributed by atoms with Crippen LogP contribution in [0.25, 0.3) is 10.2 Å². The van der Waals surface area contributed by atoms with Gasteiger partial charge >= 0.3 is 0 Å². The Morgan fingerprint density at radius 3 is 2.85 bits per heavy atom. The molecule has 1 N–H and O–H groups in total. The lowest BCUT2D eigenvalue weighted by atomic mass is 10.1. The zero-order valence-electron chi connectivity index (χ0n) is 10.6. The van der Waals surface area contributed by atoms with E-state index in [9.17, 15) is 0 Å². The molecule has 20 heavy (non-hydrogen) atoms. The first-order valence-corrected chi connectivity index (χ1v) is 7.79. The molecule has 3 aromatic rings. The van der Waals surface area contributed by atoms with Crippen molar-refractivity contribution < 1.29 is 0 Å². The molecule has 1 aliphatic carbocycles. The van der Waals surface area contributed by atoms with Gasteiger partial charge in [-0.1, -0.05) is 30.3 Å². The Labute approximate surface area is 125 Å². The number of hydrogen-bond donors (Lipinski definition) is 1. The number of nitrogens with zero attached hydrogens (tertiary/aromatic N) is 2. The summed E-state index contributed by atoms with van der Waals surface area (Å²) >= 11 is 7.57. The largest absolute Gasteiger partial charge is 0.366 e. The normalized spacial score (nSPS) is 21.1. The van der Waals surface area contributed by atoms with E-state index in [1.165, 1.54) is 5.56 Å². The molecule has 0 radical (unpaired) electrons. The summed E-state index contributed by atoms with van der Waals surface area (Å²) in [6, 6.07) is 13.1. The van der Waals surface area contributed by atoms with Gasteiger partial charge in [-0.2, -0.15) is 0 Å². The van der Waals surface area contributed by atoms with E-state index in [4.69, 9.17) is 11.6 Å². The van der Waals surface area contributed by atoms with Gasteiger partial charge in [-0.15, -0.1) is 11.3 Å². The van der Waals surface area contributed by atoms with Crippen molar-refractivity contribution in [2.24, 2.45) is 0 Å². The van der Waals surface area contributed by atoms with Crippen LogP contribution >= 0.6 is 22.9 Å². The average Bonchev–Trinajstić information content (AvgIpc) is 3.06. The molecule has 4 rings (SSSR count). The summed E-state index contributed by atoms with van der Waals surface area (Å²) in [4.78, 5) is 9.50. The van der Waals surface area contributed by atoms with E-state index in [1.807, 2.05) is 17.5 Å². The van der Waals surface area contributed by atoms with Crippen LogP contribution in [0.2, 0.25) is 5.28 Å². The topological polar surface area (TPSA) is 37.8 Å². The summed E-state index contributed by atoms with van der Waals surface area (Å²) in [5, 5.41) is 6.88. The Morgan fingerprint density at radius 2 is 2.00 bits per heavy atom. The minimum atomic E-state index is 0.305. The van der Waals surface area contributed by atoms with Crippen LogP contribution in [0.5, 0.6) is 0 Å². The number of hydrogen-bond acceptors (Lipinski definition) is 4. The summed E-state index contributed by atoms with van der Waals surface area (Å²) in [7, 11) is 0. The zero-order chi connectivity index (χ0) is 13.5. The maximum atomic E-state index is 5.98. The van der Waals surface area contributed by atoms with E-state index in [0.29, 0.717) is 17.2 Å². The number of benzene rings is 1. The minimum Gasteiger partial charge on any atom is -0.366 e. The van der Waals surface area contributed by atoms with Crippen molar-refractivity contribution in [3.8, 4) is 0 Å². The third-order valence-electron chi connectivity index (χ3n) is 3.64. The first kappa shape index (κ1) is 12.1. The monoisotopic (exact) mass is 301 g/mol. The van der Waals surface area contributed by atoms with Crippen LogP contribution < -0.4 is 5.32 Å². The maximum absolute atomic E-state index is 5.98. The highest BCUT2D eigenvalue weighted by molar-refractivity contribution is 7.16. The molecule has 1 fully saturated rings. The van der Waals surface area contributed by atoms with Crippen LogP contribution in [-0.2, 0) is 0 Å². The molecule has 5 heteroatoms. The van der Waals surface area contributed by atoms with E-state index in [-0.39, 0.29) is 0 Å².